The average Bonchev–Trinajstić information content (AvgIpc) is 2.93. The molecule has 1 aromatic heterocycles. The highest BCUT2D eigenvalue weighted by atomic mass is 32.2. The van der Waals surface area contributed by atoms with E-state index < -0.39 is 5.60 Å². The molecule has 0 N–H and O–H groups in total. The van der Waals surface area contributed by atoms with Crippen molar-refractivity contribution in [2.24, 2.45) is 0 Å². The zero-order valence-electron chi connectivity index (χ0n) is 14.5. The van der Waals surface area contributed by atoms with Crippen LogP contribution in [0.5, 0.6) is 0 Å². The molecular weight excluding hydrogens is 326 g/mol. The molecule has 1 aromatic carbocycles. The quantitative estimate of drug-likeness (QED) is 0.565. The highest BCUT2D eigenvalue weighted by Gasteiger charge is 2.19. The predicted octanol–water partition coefficient (Wildman–Crippen LogP) is 3.03. The Bertz CT molecular complexity index is 665. The van der Waals surface area contributed by atoms with E-state index in [2.05, 4.69) is 10.2 Å². The molecule has 2 rings (SSSR count). The Labute approximate surface area is 146 Å². The van der Waals surface area contributed by atoms with Gasteiger partial charge in [0.05, 0.1) is 18.9 Å². The number of carbonyl (C=O) groups is 1. The fraction of sp³-hybridized carbons (Fsp3) is 0.471. The van der Waals surface area contributed by atoms with Gasteiger partial charge in [-0.15, -0.1) is 10.2 Å². The van der Waals surface area contributed by atoms with Gasteiger partial charge in [-0.3, -0.25) is 9.36 Å². The van der Waals surface area contributed by atoms with Crippen LogP contribution >= 0.6 is 11.8 Å². The fourth-order valence-corrected chi connectivity index (χ4v) is 2.81. The summed E-state index contributed by atoms with van der Waals surface area (Å²) in [5, 5.41) is 9.18. The lowest BCUT2D eigenvalue weighted by Gasteiger charge is -2.19. The lowest BCUT2D eigenvalue weighted by Crippen LogP contribution is -2.25. The summed E-state index contributed by atoms with van der Waals surface area (Å²) in [5.74, 6) is 0.686. The van der Waals surface area contributed by atoms with Crippen LogP contribution in [0.4, 0.5) is 0 Å². The van der Waals surface area contributed by atoms with Gasteiger partial charge in [0.25, 0.3) is 0 Å². The first-order valence-electron chi connectivity index (χ1n) is 7.73. The largest absolute Gasteiger partial charge is 0.459 e. The highest BCUT2D eigenvalue weighted by molar-refractivity contribution is 7.99. The number of hydrogen-bond donors (Lipinski definition) is 0. The van der Waals surface area contributed by atoms with Crippen molar-refractivity contribution in [3.05, 3.63) is 30.3 Å². The summed E-state index contributed by atoms with van der Waals surface area (Å²) >= 11 is 1.32. The summed E-state index contributed by atoms with van der Waals surface area (Å²) in [6.45, 7) is 6.71. The molecule has 0 saturated heterocycles. The summed E-state index contributed by atoms with van der Waals surface area (Å²) < 4.78 is 12.5. The number of carbonyl (C=O) groups excluding carboxylic acids is 1. The first-order valence-corrected chi connectivity index (χ1v) is 8.71. The SMILES string of the molecule is COCCn1c(SCC(=O)OC(C)(C)C)nnc1-c1ccccc1. The number of methoxy groups -OCH3 is 1. The van der Waals surface area contributed by atoms with Crippen molar-refractivity contribution in [2.45, 2.75) is 38.1 Å². The average molecular weight is 349 g/mol. The second kappa shape index (κ2) is 8.30. The second-order valence-electron chi connectivity index (χ2n) is 6.19. The minimum absolute atomic E-state index is 0.192. The Morgan fingerprint density at radius 1 is 1.21 bits per heavy atom. The lowest BCUT2D eigenvalue weighted by atomic mass is 10.2. The molecule has 24 heavy (non-hydrogen) atoms. The van der Waals surface area contributed by atoms with Gasteiger partial charge in [0.15, 0.2) is 11.0 Å². The monoisotopic (exact) mass is 349 g/mol. The fourth-order valence-electron chi connectivity index (χ4n) is 2.07. The van der Waals surface area contributed by atoms with Crippen molar-refractivity contribution >= 4 is 17.7 Å². The molecule has 7 heteroatoms. The van der Waals surface area contributed by atoms with Gasteiger partial charge in [-0.25, -0.2) is 0 Å². The molecule has 0 radical (unpaired) electrons. The normalized spacial score (nSPS) is 11.5. The smallest absolute Gasteiger partial charge is 0.316 e. The minimum Gasteiger partial charge on any atom is -0.459 e. The van der Waals surface area contributed by atoms with Gasteiger partial charge in [0.1, 0.15) is 5.60 Å². The molecule has 0 saturated carbocycles. The maximum Gasteiger partial charge on any atom is 0.316 e. The van der Waals surface area contributed by atoms with Crippen molar-refractivity contribution in [1.29, 1.82) is 0 Å². The van der Waals surface area contributed by atoms with E-state index in [4.69, 9.17) is 9.47 Å². The Kier molecular flexibility index (Phi) is 6.39. The van der Waals surface area contributed by atoms with E-state index in [0.717, 1.165) is 11.4 Å². The third kappa shape index (κ3) is 5.35. The number of aromatic nitrogens is 3. The number of thioether (sulfide) groups is 1. The molecule has 0 unspecified atom stereocenters. The van der Waals surface area contributed by atoms with Crippen LogP contribution in [0.25, 0.3) is 11.4 Å². The maximum atomic E-state index is 11.9. The molecular formula is C17H23N3O3S. The van der Waals surface area contributed by atoms with Crippen molar-refractivity contribution in [3.8, 4) is 11.4 Å². The number of benzene rings is 1. The van der Waals surface area contributed by atoms with Gasteiger partial charge in [-0.05, 0) is 20.8 Å². The Morgan fingerprint density at radius 3 is 2.54 bits per heavy atom. The van der Waals surface area contributed by atoms with Crippen LogP contribution in [0, 0.1) is 0 Å². The summed E-state index contributed by atoms with van der Waals surface area (Å²) in [6.07, 6.45) is 0. The van der Waals surface area contributed by atoms with Crippen molar-refractivity contribution in [2.75, 3.05) is 19.5 Å². The zero-order valence-corrected chi connectivity index (χ0v) is 15.3. The molecule has 0 fully saturated rings. The summed E-state index contributed by atoms with van der Waals surface area (Å²) in [6, 6.07) is 9.83. The number of nitrogens with zero attached hydrogens (tertiary/aromatic N) is 3. The maximum absolute atomic E-state index is 11.9. The first-order chi connectivity index (χ1) is 11.4. The van der Waals surface area contributed by atoms with E-state index in [1.165, 1.54) is 11.8 Å². The van der Waals surface area contributed by atoms with E-state index in [-0.39, 0.29) is 11.7 Å². The van der Waals surface area contributed by atoms with Crippen molar-refractivity contribution in [3.63, 3.8) is 0 Å². The Morgan fingerprint density at radius 2 is 1.92 bits per heavy atom. The van der Waals surface area contributed by atoms with E-state index in [9.17, 15) is 4.79 Å². The van der Waals surface area contributed by atoms with Crippen LogP contribution < -0.4 is 0 Å². The number of esters is 1. The molecule has 0 aliphatic carbocycles. The highest BCUT2D eigenvalue weighted by Crippen LogP contribution is 2.24. The Balaban J connectivity index is 2.15. The third-order valence-electron chi connectivity index (χ3n) is 3.01. The van der Waals surface area contributed by atoms with E-state index in [0.29, 0.717) is 18.3 Å². The van der Waals surface area contributed by atoms with Gasteiger partial charge in [-0.2, -0.15) is 0 Å². The van der Waals surface area contributed by atoms with E-state index >= 15 is 0 Å². The Hall–Kier alpha value is -1.86. The molecule has 0 amide bonds. The molecule has 0 aliphatic rings. The molecule has 0 aliphatic heterocycles. The van der Waals surface area contributed by atoms with Crippen LogP contribution in [0.15, 0.2) is 35.5 Å². The van der Waals surface area contributed by atoms with Gasteiger partial charge >= 0.3 is 5.97 Å². The van der Waals surface area contributed by atoms with Crippen LogP contribution in [-0.4, -0.2) is 45.8 Å². The molecule has 6 nitrogen and oxygen atoms in total. The third-order valence-corrected chi connectivity index (χ3v) is 3.95. The standard InChI is InChI=1S/C17H23N3O3S/c1-17(2,3)23-14(21)12-24-16-19-18-15(20(16)10-11-22-4)13-8-6-5-7-9-13/h5-9H,10-12H2,1-4H3. The molecule has 0 atom stereocenters. The molecule has 1 heterocycles. The zero-order chi connectivity index (χ0) is 17.6. The van der Waals surface area contributed by atoms with Gasteiger partial charge in [-0.1, -0.05) is 42.1 Å². The molecule has 0 bridgehead atoms. The number of hydrogen-bond acceptors (Lipinski definition) is 6. The molecule has 130 valence electrons. The van der Waals surface area contributed by atoms with Crippen molar-refractivity contribution in [1.82, 2.24) is 14.8 Å². The number of rotatable bonds is 7. The van der Waals surface area contributed by atoms with E-state index in [1.54, 1.807) is 7.11 Å². The van der Waals surface area contributed by atoms with Crippen LogP contribution in [0.3, 0.4) is 0 Å². The van der Waals surface area contributed by atoms with Crippen LogP contribution in [0.2, 0.25) is 0 Å². The van der Waals surface area contributed by atoms with Gasteiger partial charge in [0.2, 0.25) is 0 Å². The molecule has 0 spiro atoms. The summed E-state index contributed by atoms with van der Waals surface area (Å²) in [4.78, 5) is 11.9. The van der Waals surface area contributed by atoms with Crippen molar-refractivity contribution < 1.29 is 14.3 Å². The second-order valence-corrected chi connectivity index (χ2v) is 7.13. The van der Waals surface area contributed by atoms with Gasteiger partial charge < -0.3 is 9.47 Å². The number of ether oxygens (including phenoxy) is 2. The summed E-state index contributed by atoms with van der Waals surface area (Å²) in [5.41, 5.74) is 0.488. The van der Waals surface area contributed by atoms with Crippen LogP contribution in [0.1, 0.15) is 20.8 Å². The molecule has 2 aromatic rings. The topological polar surface area (TPSA) is 66.2 Å². The predicted molar refractivity (Wildman–Crippen MR) is 93.9 cm³/mol. The minimum atomic E-state index is -0.490. The van der Waals surface area contributed by atoms with E-state index in [1.807, 2.05) is 55.7 Å². The lowest BCUT2D eigenvalue weighted by molar-refractivity contribution is -0.151. The van der Waals surface area contributed by atoms with Crippen LogP contribution in [-0.2, 0) is 20.8 Å². The summed E-state index contributed by atoms with van der Waals surface area (Å²) in [7, 11) is 1.65. The van der Waals surface area contributed by atoms with Gasteiger partial charge in [0, 0.05) is 12.7 Å². The first kappa shape index (κ1) is 18.5.